The summed E-state index contributed by atoms with van der Waals surface area (Å²) in [7, 11) is 1.58. The van der Waals surface area contributed by atoms with E-state index in [-0.39, 0.29) is 12.2 Å². The molecule has 3 nitrogen and oxygen atoms in total. The molecule has 1 unspecified atom stereocenters. The maximum Gasteiger partial charge on any atom is 0.165 e. The van der Waals surface area contributed by atoms with E-state index in [1.54, 1.807) is 7.11 Å². The van der Waals surface area contributed by atoms with Crippen LogP contribution >= 0.6 is 0 Å². The summed E-state index contributed by atoms with van der Waals surface area (Å²) in [5.74, 6) is 0.547. The molecular weight excluding hydrogens is 204 g/mol. The van der Waals surface area contributed by atoms with Gasteiger partial charge in [0.15, 0.2) is 5.78 Å². The highest BCUT2D eigenvalue weighted by Gasteiger charge is 2.15. The van der Waals surface area contributed by atoms with Gasteiger partial charge in [-0.3, -0.25) is 4.79 Å². The lowest BCUT2D eigenvalue weighted by atomic mass is 10.0. The Hall–Kier alpha value is -1.35. The number of ether oxygens (including phenoxy) is 1. The van der Waals surface area contributed by atoms with Crippen molar-refractivity contribution in [2.45, 2.75) is 32.3 Å². The van der Waals surface area contributed by atoms with Crippen LogP contribution in [0.4, 0.5) is 0 Å². The van der Waals surface area contributed by atoms with E-state index in [2.05, 4.69) is 0 Å². The highest BCUT2D eigenvalue weighted by atomic mass is 16.5. The molecule has 0 bridgehead atoms. The van der Waals surface area contributed by atoms with Gasteiger partial charge < -0.3 is 9.84 Å². The van der Waals surface area contributed by atoms with Crippen LogP contribution in [0.5, 0.6) is 5.75 Å². The number of hydrogen-bond acceptors (Lipinski definition) is 3. The van der Waals surface area contributed by atoms with E-state index < -0.39 is 6.10 Å². The van der Waals surface area contributed by atoms with Crippen molar-refractivity contribution in [3.63, 3.8) is 0 Å². The molecule has 88 valence electrons. The molecule has 1 N–H and O–H groups in total. The van der Waals surface area contributed by atoms with Crippen LogP contribution in [0.2, 0.25) is 0 Å². The number of carbonyl (C=O) groups is 1. The van der Waals surface area contributed by atoms with Crippen LogP contribution in [0.25, 0.3) is 0 Å². The van der Waals surface area contributed by atoms with E-state index in [0.717, 1.165) is 12.0 Å². The molecule has 3 heteroatoms. The predicted molar refractivity (Wildman–Crippen MR) is 62.6 cm³/mol. The Kier molecular flexibility index (Phi) is 4.99. The molecule has 0 fully saturated rings. The van der Waals surface area contributed by atoms with Crippen LogP contribution in [-0.4, -0.2) is 24.1 Å². The zero-order chi connectivity index (χ0) is 12.0. The van der Waals surface area contributed by atoms with Crippen molar-refractivity contribution in [2.24, 2.45) is 0 Å². The van der Waals surface area contributed by atoms with Gasteiger partial charge in [0, 0.05) is 12.0 Å². The fraction of sp³-hybridized carbons (Fsp3) is 0.462. The Balaban J connectivity index is 2.69. The molecule has 0 aliphatic carbocycles. The quantitative estimate of drug-likeness (QED) is 0.800. The number of methoxy groups -OCH3 is 1. The average Bonchev–Trinajstić information content (AvgIpc) is 2.30. The van der Waals surface area contributed by atoms with Gasteiger partial charge in [-0.1, -0.05) is 31.5 Å². The number of benzene rings is 1. The number of aliphatic hydroxyl groups is 1. The molecule has 1 atom stereocenters. The van der Waals surface area contributed by atoms with Crippen LogP contribution in [0.3, 0.4) is 0 Å². The molecule has 0 heterocycles. The Morgan fingerprint density at radius 3 is 2.75 bits per heavy atom. The van der Waals surface area contributed by atoms with Crippen LogP contribution in [0, 0.1) is 0 Å². The average molecular weight is 222 g/mol. The maximum atomic E-state index is 11.7. The predicted octanol–water partition coefficient (Wildman–Crippen LogP) is 1.97. The summed E-state index contributed by atoms with van der Waals surface area (Å²) < 4.78 is 5.15. The van der Waals surface area contributed by atoms with Crippen LogP contribution in [-0.2, 0) is 11.2 Å². The second-order valence-electron chi connectivity index (χ2n) is 3.76. The number of carbonyl (C=O) groups excluding carboxylic acids is 1. The van der Waals surface area contributed by atoms with E-state index >= 15 is 0 Å². The van der Waals surface area contributed by atoms with Crippen LogP contribution < -0.4 is 4.74 Å². The highest BCUT2D eigenvalue weighted by molar-refractivity contribution is 5.85. The van der Waals surface area contributed by atoms with Crippen molar-refractivity contribution in [2.75, 3.05) is 7.11 Å². The topological polar surface area (TPSA) is 46.5 Å². The first-order valence-corrected chi connectivity index (χ1v) is 5.51. The van der Waals surface area contributed by atoms with Crippen molar-refractivity contribution in [3.8, 4) is 5.75 Å². The smallest absolute Gasteiger partial charge is 0.165 e. The molecule has 0 aliphatic heterocycles. The van der Waals surface area contributed by atoms with Crippen molar-refractivity contribution in [1.29, 1.82) is 0 Å². The first-order chi connectivity index (χ1) is 7.69. The van der Waals surface area contributed by atoms with Gasteiger partial charge in [-0.05, 0) is 12.5 Å². The maximum absolute atomic E-state index is 11.7. The SMILES string of the molecule is CCCC(O)C(=O)Cc1ccccc1OC. The summed E-state index contributed by atoms with van der Waals surface area (Å²) in [4.78, 5) is 11.7. The van der Waals surface area contributed by atoms with Gasteiger partial charge in [-0.2, -0.15) is 0 Å². The Morgan fingerprint density at radius 1 is 1.44 bits per heavy atom. The van der Waals surface area contributed by atoms with Gasteiger partial charge in [-0.25, -0.2) is 0 Å². The van der Waals surface area contributed by atoms with E-state index in [4.69, 9.17) is 4.74 Å². The third-order valence-electron chi connectivity index (χ3n) is 2.49. The minimum atomic E-state index is -0.852. The molecular formula is C13H18O3. The molecule has 0 aliphatic rings. The minimum absolute atomic E-state index is 0.147. The van der Waals surface area contributed by atoms with E-state index in [1.807, 2.05) is 31.2 Å². The van der Waals surface area contributed by atoms with Crippen molar-refractivity contribution < 1.29 is 14.6 Å². The number of aliphatic hydroxyl groups excluding tert-OH is 1. The molecule has 1 aromatic rings. The van der Waals surface area contributed by atoms with Gasteiger partial charge in [0.2, 0.25) is 0 Å². The van der Waals surface area contributed by atoms with Crippen molar-refractivity contribution in [3.05, 3.63) is 29.8 Å². The summed E-state index contributed by atoms with van der Waals surface area (Å²) in [6.45, 7) is 1.94. The number of ketones is 1. The van der Waals surface area contributed by atoms with E-state index in [9.17, 15) is 9.90 Å². The van der Waals surface area contributed by atoms with Crippen LogP contribution in [0.1, 0.15) is 25.3 Å². The fourth-order valence-electron chi connectivity index (χ4n) is 1.59. The summed E-state index contributed by atoms with van der Waals surface area (Å²) in [5.41, 5.74) is 0.824. The number of hydrogen-bond donors (Lipinski definition) is 1. The third kappa shape index (κ3) is 3.35. The zero-order valence-corrected chi connectivity index (χ0v) is 9.77. The molecule has 16 heavy (non-hydrogen) atoms. The highest BCUT2D eigenvalue weighted by Crippen LogP contribution is 2.18. The number of Topliss-reactive ketones (excluding diaryl/α,β-unsaturated/α-hetero) is 1. The standard InChI is InChI=1S/C13H18O3/c1-3-6-11(14)12(15)9-10-7-4-5-8-13(10)16-2/h4-5,7-8,11,14H,3,6,9H2,1-2H3. The summed E-state index contributed by atoms with van der Waals surface area (Å²) in [6, 6.07) is 7.37. The second kappa shape index (κ2) is 6.28. The van der Waals surface area contributed by atoms with E-state index in [1.165, 1.54) is 0 Å². The van der Waals surface area contributed by atoms with Crippen molar-refractivity contribution in [1.82, 2.24) is 0 Å². The Bertz CT molecular complexity index is 347. The van der Waals surface area contributed by atoms with Crippen molar-refractivity contribution >= 4 is 5.78 Å². The summed E-state index contributed by atoms with van der Waals surface area (Å²) >= 11 is 0. The van der Waals surface area contributed by atoms with Gasteiger partial charge in [0.1, 0.15) is 11.9 Å². The minimum Gasteiger partial charge on any atom is -0.496 e. The molecule has 1 aromatic carbocycles. The Morgan fingerprint density at radius 2 is 2.12 bits per heavy atom. The van der Waals surface area contributed by atoms with Gasteiger partial charge in [0.25, 0.3) is 0 Å². The lowest BCUT2D eigenvalue weighted by Gasteiger charge is -2.10. The summed E-state index contributed by atoms with van der Waals surface area (Å²) in [5, 5.41) is 9.55. The summed E-state index contributed by atoms with van der Waals surface area (Å²) in [6.07, 6.45) is 0.702. The van der Waals surface area contributed by atoms with Crippen LogP contribution in [0.15, 0.2) is 24.3 Å². The number of rotatable bonds is 6. The van der Waals surface area contributed by atoms with E-state index in [0.29, 0.717) is 12.2 Å². The fourth-order valence-corrected chi connectivity index (χ4v) is 1.59. The first-order valence-electron chi connectivity index (χ1n) is 5.51. The first kappa shape index (κ1) is 12.7. The molecule has 1 rings (SSSR count). The molecule has 0 spiro atoms. The molecule has 0 amide bonds. The Labute approximate surface area is 96.1 Å². The molecule has 0 saturated carbocycles. The monoisotopic (exact) mass is 222 g/mol. The molecule has 0 saturated heterocycles. The largest absolute Gasteiger partial charge is 0.496 e. The van der Waals surface area contributed by atoms with Gasteiger partial charge in [-0.15, -0.1) is 0 Å². The molecule has 0 radical (unpaired) electrons. The normalized spacial score (nSPS) is 12.2. The molecule has 0 aromatic heterocycles. The van der Waals surface area contributed by atoms with Gasteiger partial charge in [0.05, 0.1) is 7.11 Å². The lowest BCUT2D eigenvalue weighted by molar-refractivity contribution is -0.126. The second-order valence-corrected chi connectivity index (χ2v) is 3.76. The van der Waals surface area contributed by atoms with Gasteiger partial charge >= 0.3 is 0 Å². The lowest BCUT2D eigenvalue weighted by Crippen LogP contribution is -2.22. The third-order valence-corrected chi connectivity index (χ3v) is 2.49. The zero-order valence-electron chi connectivity index (χ0n) is 9.77. The number of para-hydroxylation sites is 1.